The van der Waals surface area contributed by atoms with Crippen LogP contribution in [0.15, 0.2) is 18.3 Å². The van der Waals surface area contributed by atoms with Crippen LogP contribution in [-0.2, 0) is 9.59 Å². The van der Waals surface area contributed by atoms with E-state index in [1.807, 2.05) is 0 Å². The van der Waals surface area contributed by atoms with Crippen molar-refractivity contribution in [1.29, 1.82) is 0 Å². The molecule has 3 amide bonds. The summed E-state index contributed by atoms with van der Waals surface area (Å²) in [7, 11) is 1.36. The second-order valence-corrected chi connectivity index (χ2v) is 3.89. The fourth-order valence-electron chi connectivity index (χ4n) is 1.62. The molecule has 94 valence electrons. The maximum atomic E-state index is 12.6. The Kier molecular flexibility index (Phi) is 3.05. The quantitative estimate of drug-likeness (QED) is 0.578. The minimum atomic E-state index is -0.861. The van der Waals surface area contributed by atoms with Crippen LogP contribution < -0.4 is 5.32 Å². The molecule has 1 aliphatic heterocycles. The van der Waals surface area contributed by atoms with Crippen LogP contribution in [0.5, 0.6) is 0 Å². The van der Waals surface area contributed by atoms with Crippen molar-refractivity contribution in [3.63, 3.8) is 0 Å². The number of nitrogens with one attached hydrogen (secondary N) is 1. The molecule has 1 unspecified atom stereocenters. The van der Waals surface area contributed by atoms with E-state index in [2.05, 4.69) is 10.3 Å². The number of likely N-dealkylation sites (N-methyl/N-ethyl adjacent to an activating group) is 1. The maximum absolute atomic E-state index is 12.6. The number of halogens is 1. The topological polar surface area (TPSA) is 79.4 Å². The molecule has 0 radical (unpaired) electrons. The molecule has 6 nitrogen and oxygen atoms in total. The van der Waals surface area contributed by atoms with E-state index in [9.17, 15) is 18.8 Å². The Hall–Kier alpha value is -2.31. The van der Waals surface area contributed by atoms with Crippen LogP contribution in [0.2, 0.25) is 0 Å². The molecule has 0 spiro atoms. The maximum Gasteiger partial charge on any atom is 0.253 e. The van der Waals surface area contributed by atoms with Gasteiger partial charge in [0.15, 0.2) is 0 Å². The van der Waals surface area contributed by atoms with Crippen molar-refractivity contribution in [2.45, 2.75) is 12.5 Å². The van der Waals surface area contributed by atoms with Crippen molar-refractivity contribution in [2.75, 3.05) is 7.05 Å². The molecule has 0 bridgehead atoms. The minimum absolute atomic E-state index is 0.0598. The standard InChI is InChI=1S/C11H10FN3O3/c1-15-9(16)4-7(11(15)18)14-10(17)6-2-3-8(12)13-5-6/h2-3,5,7H,4H2,1H3,(H,14,17). The summed E-state index contributed by atoms with van der Waals surface area (Å²) in [5.41, 5.74) is 0.131. The van der Waals surface area contributed by atoms with Crippen molar-refractivity contribution in [3.05, 3.63) is 29.8 Å². The summed E-state index contributed by atoms with van der Waals surface area (Å²) >= 11 is 0. The van der Waals surface area contributed by atoms with Crippen molar-refractivity contribution < 1.29 is 18.8 Å². The molecule has 1 aromatic rings. The fraction of sp³-hybridized carbons (Fsp3) is 0.273. The highest BCUT2D eigenvalue weighted by Crippen LogP contribution is 2.11. The molecular weight excluding hydrogens is 241 g/mol. The molecule has 1 aliphatic rings. The Morgan fingerprint density at radius 3 is 2.72 bits per heavy atom. The average Bonchev–Trinajstić information content (AvgIpc) is 2.58. The van der Waals surface area contributed by atoms with E-state index in [4.69, 9.17) is 0 Å². The third-order valence-electron chi connectivity index (χ3n) is 2.68. The highest BCUT2D eigenvalue weighted by atomic mass is 19.1. The Bertz CT molecular complexity index is 515. The largest absolute Gasteiger partial charge is 0.340 e. The lowest BCUT2D eigenvalue weighted by molar-refractivity contribution is -0.137. The fourth-order valence-corrected chi connectivity index (χ4v) is 1.62. The summed E-state index contributed by atoms with van der Waals surface area (Å²) in [6, 6.07) is 1.44. The van der Waals surface area contributed by atoms with E-state index >= 15 is 0 Å². The van der Waals surface area contributed by atoms with E-state index < -0.39 is 23.8 Å². The van der Waals surface area contributed by atoms with Gasteiger partial charge in [-0.2, -0.15) is 4.39 Å². The lowest BCUT2D eigenvalue weighted by Gasteiger charge is -2.10. The van der Waals surface area contributed by atoms with Gasteiger partial charge in [-0.05, 0) is 12.1 Å². The Morgan fingerprint density at radius 2 is 2.22 bits per heavy atom. The molecule has 1 N–H and O–H groups in total. The molecule has 2 heterocycles. The van der Waals surface area contributed by atoms with Gasteiger partial charge in [-0.15, -0.1) is 0 Å². The van der Waals surface area contributed by atoms with Gasteiger partial charge < -0.3 is 5.32 Å². The number of likely N-dealkylation sites (tertiary alicyclic amines) is 1. The van der Waals surface area contributed by atoms with Crippen LogP contribution in [0.3, 0.4) is 0 Å². The van der Waals surface area contributed by atoms with Crippen LogP contribution in [-0.4, -0.2) is 40.7 Å². The van der Waals surface area contributed by atoms with Crippen LogP contribution in [0, 0.1) is 5.95 Å². The third kappa shape index (κ3) is 2.20. The lowest BCUT2D eigenvalue weighted by Crippen LogP contribution is -2.40. The van der Waals surface area contributed by atoms with E-state index in [1.165, 1.54) is 13.1 Å². The van der Waals surface area contributed by atoms with Crippen LogP contribution in [0.25, 0.3) is 0 Å². The second-order valence-electron chi connectivity index (χ2n) is 3.89. The monoisotopic (exact) mass is 251 g/mol. The number of pyridine rings is 1. The first kappa shape index (κ1) is 12.2. The number of hydrogen-bond acceptors (Lipinski definition) is 4. The highest BCUT2D eigenvalue weighted by molar-refractivity contribution is 6.07. The molecule has 18 heavy (non-hydrogen) atoms. The first-order chi connectivity index (χ1) is 8.49. The molecule has 1 saturated heterocycles. The van der Waals surface area contributed by atoms with Crippen LogP contribution >= 0.6 is 0 Å². The highest BCUT2D eigenvalue weighted by Gasteiger charge is 2.36. The van der Waals surface area contributed by atoms with Gasteiger partial charge in [0.05, 0.1) is 12.0 Å². The molecule has 0 saturated carbocycles. The summed E-state index contributed by atoms with van der Waals surface area (Å²) in [6.45, 7) is 0. The average molecular weight is 251 g/mol. The predicted molar refractivity (Wildman–Crippen MR) is 57.8 cm³/mol. The van der Waals surface area contributed by atoms with Crippen molar-refractivity contribution in [2.24, 2.45) is 0 Å². The van der Waals surface area contributed by atoms with Gasteiger partial charge in [0.25, 0.3) is 11.8 Å². The summed E-state index contributed by atoms with van der Waals surface area (Å²) in [4.78, 5) is 38.8. The summed E-state index contributed by atoms with van der Waals surface area (Å²) in [5.74, 6) is -2.06. The van der Waals surface area contributed by atoms with Gasteiger partial charge in [-0.3, -0.25) is 19.3 Å². The second kappa shape index (κ2) is 4.52. The number of carbonyl (C=O) groups excluding carboxylic acids is 3. The summed E-state index contributed by atoms with van der Waals surface area (Å²) in [5, 5.41) is 2.41. The van der Waals surface area contributed by atoms with Gasteiger partial charge in [0, 0.05) is 13.2 Å². The van der Waals surface area contributed by atoms with Crippen LogP contribution in [0.4, 0.5) is 4.39 Å². The first-order valence-electron chi connectivity index (χ1n) is 5.22. The molecule has 0 aliphatic carbocycles. The zero-order valence-corrected chi connectivity index (χ0v) is 9.51. The Balaban J connectivity index is 2.06. The molecule has 2 rings (SSSR count). The number of aromatic nitrogens is 1. The first-order valence-corrected chi connectivity index (χ1v) is 5.22. The Labute approximate surface area is 102 Å². The molecule has 1 fully saturated rings. The number of hydrogen-bond donors (Lipinski definition) is 1. The van der Waals surface area contributed by atoms with Gasteiger partial charge in [-0.25, -0.2) is 4.98 Å². The number of carbonyl (C=O) groups is 3. The molecule has 0 aromatic carbocycles. The number of imide groups is 1. The summed E-state index contributed by atoms with van der Waals surface area (Å²) < 4.78 is 12.6. The van der Waals surface area contributed by atoms with Gasteiger partial charge in [0.1, 0.15) is 6.04 Å². The zero-order valence-electron chi connectivity index (χ0n) is 9.51. The Morgan fingerprint density at radius 1 is 1.50 bits per heavy atom. The lowest BCUT2D eigenvalue weighted by atomic mass is 10.2. The minimum Gasteiger partial charge on any atom is -0.340 e. The smallest absolute Gasteiger partial charge is 0.253 e. The normalized spacial score (nSPS) is 19.2. The molecule has 7 heteroatoms. The number of rotatable bonds is 2. The third-order valence-corrected chi connectivity index (χ3v) is 2.68. The van der Waals surface area contributed by atoms with E-state index in [1.54, 1.807) is 0 Å². The van der Waals surface area contributed by atoms with Crippen molar-refractivity contribution in [1.82, 2.24) is 15.2 Å². The predicted octanol–water partition coefficient (Wildman–Crippen LogP) is -0.292. The van der Waals surface area contributed by atoms with E-state index in [-0.39, 0.29) is 17.9 Å². The summed E-state index contributed by atoms with van der Waals surface area (Å²) in [6.07, 6.45) is 1.01. The van der Waals surface area contributed by atoms with Crippen LogP contribution in [0.1, 0.15) is 16.8 Å². The van der Waals surface area contributed by atoms with Gasteiger partial charge in [0.2, 0.25) is 11.9 Å². The van der Waals surface area contributed by atoms with Crippen molar-refractivity contribution in [3.8, 4) is 0 Å². The van der Waals surface area contributed by atoms with Crippen molar-refractivity contribution >= 4 is 17.7 Å². The number of amides is 3. The number of nitrogens with zero attached hydrogens (tertiary/aromatic N) is 2. The van der Waals surface area contributed by atoms with E-state index in [0.717, 1.165) is 17.2 Å². The molecule has 1 aromatic heterocycles. The van der Waals surface area contributed by atoms with Gasteiger partial charge in [-0.1, -0.05) is 0 Å². The van der Waals surface area contributed by atoms with Gasteiger partial charge >= 0.3 is 0 Å². The van der Waals surface area contributed by atoms with E-state index in [0.29, 0.717) is 0 Å². The zero-order chi connectivity index (χ0) is 13.3. The molecule has 1 atom stereocenters. The molecular formula is C11H10FN3O3. The SMILES string of the molecule is CN1C(=O)CC(NC(=O)c2ccc(F)nc2)C1=O.